The summed E-state index contributed by atoms with van der Waals surface area (Å²) < 4.78 is 0. The van der Waals surface area contributed by atoms with Crippen LogP contribution in [-0.2, 0) is 6.42 Å². The maximum atomic E-state index is 10.2. The van der Waals surface area contributed by atoms with Crippen LogP contribution in [0.3, 0.4) is 0 Å². The molecule has 140 valence electrons. The van der Waals surface area contributed by atoms with Crippen LogP contribution in [0.15, 0.2) is 78.9 Å². The number of hydrogen-bond donors (Lipinski definition) is 1. The van der Waals surface area contributed by atoms with Crippen molar-refractivity contribution in [2.75, 3.05) is 0 Å². The van der Waals surface area contributed by atoms with Gasteiger partial charge in [0, 0.05) is 0 Å². The molecule has 0 bridgehead atoms. The number of benzene rings is 4. The van der Waals surface area contributed by atoms with Gasteiger partial charge in [-0.25, -0.2) is 4.79 Å². The molecule has 0 saturated carbocycles. The molecule has 0 saturated heterocycles. The van der Waals surface area contributed by atoms with Crippen molar-refractivity contribution in [2.45, 2.75) is 32.1 Å². The molecule has 1 N–H and O–H groups in total. The summed E-state index contributed by atoms with van der Waals surface area (Å²) in [6, 6.07) is 26.3. The Balaban J connectivity index is 0.000000181. The number of carbonyl (C=O) groups is 1. The number of carboxylic acid groups (broad SMARTS) is 1. The van der Waals surface area contributed by atoms with Crippen molar-refractivity contribution < 1.29 is 9.90 Å². The molecule has 0 amide bonds. The molecule has 2 nitrogen and oxygen atoms in total. The zero-order chi connectivity index (χ0) is 19.5. The minimum absolute atomic E-state index is 0.331. The quantitative estimate of drug-likeness (QED) is 0.374. The topological polar surface area (TPSA) is 37.3 Å². The normalized spacial score (nSPS) is 15.5. The first kappa shape index (κ1) is 18.2. The third-order valence-electron chi connectivity index (χ3n) is 5.69. The van der Waals surface area contributed by atoms with Crippen molar-refractivity contribution in [2.24, 2.45) is 0 Å². The number of aryl methyl sites for hydroxylation is 1. The Kier molecular flexibility index (Phi) is 5.12. The smallest absolute Gasteiger partial charge is 0.335 e. The maximum absolute atomic E-state index is 10.2. The lowest BCUT2D eigenvalue weighted by atomic mass is 9.81. The van der Waals surface area contributed by atoms with Crippen LogP contribution in [0.4, 0.5) is 0 Å². The summed E-state index contributed by atoms with van der Waals surface area (Å²) in [5.74, 6) is -0.157. The zero-order valence-electron chi connectivity index (χ0n) is 16.1. The van der Waals surface area contributed by atoms with Crippen LogP contribution in [0.1, 0.15) is 47.2 Å². The predicted molar refractivity (Wildman–Crippen MR) is 116 cm³/mol. The Morgan fingerprint density at radius 1 is 0.821 bits per heavy atom. The minimum atomic E-state index is -0.879. The standard InChI is InChI=1S/C19H18.C7H6O2/c1-13-5-4-8-17-15(13)11-12-18-16-7-3-2-6-14(16)9-10-19(17)18;8-7(9)6-4-2-1-3-5-6/h2-3,6-7,9-13H,4-5,8H2,1H3;1-5H,(H,8,9). The third-order valence-corrected chi connectivity index (χ3v) is 5.69. The Labute approximate surface area is 165 Å². The van der Waals surface area contributed by atoms with E-state index in [2.05, 4.69) is 55.5 Å². The van der Waals surface area contributed by atoms with Gasteiger partial charge >= 0.3 is 5.97 Å². The molecule has 1 atom stereocenters. The van der Waals surface area contributed by atoms with E-state index in [1.165, 1.54) is 40.8 Å². The minimum Gasteiger partial charge on any atom is -0.478 e. The van der Waals surface area contributed by atoms with Gasteiger partial charge in [-0.15, -0.1) is 0 Å². The Morgan fingerprint density at radius 2 is 1.54 bits per heavy atom. The van der Waals surface area contributed by atoms with Crippen LogP contribution < -0.4 is 0 Å². The first-order valence-corrected chi connectivity index (χ1v) is 9.86. The molecule has 0 heterocycles. The molecule has 5 rings (SSSR count). The average Bonchev–Trinajstić information content (AvgIpc) is 2.74. The molecule has 0 fully saturated rings. The van der Waals surface area contributed by atoms with Crippen molar-refractivity contribution >= 4 is 27.5 Å². The van der Waals surface area contributed by atoms with Crippen molar-refractivity contribution in [3.8, 4) is 0 Å². The lowest BCUT2D eigenvalue weighted by Crippen LogP contribution is -2.07. The van der Waals surface area contributed by atoms with Crippen LogP contribution in [0.25, 0.3) is 21.5 Å². The maximum Gasteiger partial charge on any atom is 0.335 e. The van der Waals surface area contributed by atoms with Gasteiger partial charge in [0.2, 0.25) is 0 Å². The highest BCUT2D eigenvalue weighted by Gasteiger charge is 2.18. The van der Waals surface area contributed by atoms with E-state index in [0.717, 1.165) is 5.92 Å². The van der Waals surface area contributed by atoms with Gasteiger partial charge in [-0.1, -0.05) is 73.7 Å². The monoisotopic (exact) mass is 368 g/mol. The number of rotatable bonds is 1. The second kappa shape index (κ2) is 7.85. The summed E-state index contributed by atoms with van der Waals surface area (Å²) in [7, 11) is 0. The summed E-state index contributed by atoms with van der Waals surface area (Å²) in [5, 5.41) is 14.0. The fraction of sp³-hybridized carbons (Fsp3) is 0.192. The average molecular weight is 368 g/mol. The molecular weight excluding hydrogens is 344 g/mol. The lowest BCUT2D eigenvalue weighted by molar-refractivity contribution is 0.0697. The van der Waals surface area contributed by atoms with E-state index >= 15 is 0 Å². The van der Waals surface area contributed by atoms with Crippen molar-refractivity contribution in [1.29, 1.82) is 0 Å². The van der Waals surface area contributed by atoms with Crippen molar-refractivity contribution in [3.63, 3.8) is 0 Å². The van der Waals surface area contributed by atoms with Gasteiger partial charge in [-0.05, 0) is 70.0 Å². The molecule has 0 aliphatic heterocycles. The molecule has 4 aromatic carbocycles. The first-order valence-electron chi connectivity index (χ1n) is 9.86. The van der Waals surface area contributed by atoms with Gasteiger partial charge in [0.15, 0.2) is 0 Å². The predicted octanol–water partition coefficient (Wildman–Crippen LogP) is 6.82. The van der Waals surface area contributed by atoms with Gasteiger partial charge in [0.1, 0.15) is 0 Å². The lowest BCUT2D eigenvalue weighted by Gasteiger charge is -2.24. The van der Waals surface area contributed by atoms with E-state index < -0.39 is 5.97 Å². The Hall–Kier alpha value is -3.13. The second-order valence-corrected chi connectivity index (χ2v) is 7.48. The van der Waals surface area contributed by atoms with Crippen LogP contribution in [-0.4, -0.2) is 11.1 Å². The summed E-state index contributed by atoms with van der Waals surface area (Å²) in [4.78, 5) is 10.2. The van der Waals surface area contributed by atoms with Gasteiger partial charge in [0.25, 0.3) is 0 Å². The number of hydrogen-bond acceptors (Lipinski definition) is 1. The summed E-state index contributed by atoms with van der Waals surface area (Å²) in [5.41, 5.74) is 3.51. The molecule has 2 heteroatoms. The summed E-state index contributed by atoms with van der Waals surface area (Å²) in [6.45, 7) is 2.37. The van der Waals surface area contributed by atoms with Crippen LogP contribution in [0.2, 0.25) is 0 Å². The Bertz CT molecular complexity index is 1130. The van der Waals surface area contributed by atoms with E-state index in [1.807, 2.05) is 0 Å². The van der Waals surface area contributed by atoms with E-state index in [1.54, 1.807) is 41.5 Å². The van der Waals surface area contributed by atoms with E-state index in [9.17, 15) is 4.79 Å². The van der Waals surface area contributed by atoms with Crippen LogP contribution in [0, 0.1) is 0 Å². The van der Waals surface area contributed by atoms with E-state index in [-0.39, 0.29) is 0 Å². The molecule has 1 unspecified atom stereocenters. The SMILES string of the molecule is CC1CCCc2c1ccc1c2ccc2ccccc21.O=C(O)c1ccccc1. The largest absolute Gasteiger partial charge is 0.478 e. The third kappa shape index (κ3) is 3.50. The number of carboxylic acids is 1. The van der Waals surface area contributed by atoms with Crippen molar-refractivity contribution in [3.05, 3.63) is 95.6 Å². The van der Waals surface area contributed by atoms with Gasteiger partial charge < -0.3 is 5.11 Å². The first-order chi connectivity index (χ1) is 13.6. The fourth-order valence-electron chi connectivity index (χ4n) is 4.23. The van der Waals surface area contributed by atoms with Gasteiger partial charge in [0.05, 0.1) is 5.56 Å². The van der Waals surface area contributed by atoms with Gasteiger partial charge in [-0.3, -0.25) is 0 Å². The molecule has 0 spiro atoms. The second-order valence-electron chi connectivity index (χ2n) is 7.48. The molecular formula is C26H24O2. The molecule has 28 heavy (non-hydrogen) atoms. The fourth-order valence-corrected chi connectivity index (χ4v) is 4.23. The highest BCUT2D eigenvalue weighted by atomic mass is 16.4. The van der Waals surface area contributed by atoms with E-state index in [0.29, 0.717) is 5.56 Å². The van der Waals surface area contributed by atoms with Crippen molar-refractivity contribution in [1.82, 2.24) is 0 Å². The van der Waals surface area contributed by atoms with Crippen LogP contribution in [0.5, 0.6) is 0 Å². The van der Waals surface area contributed by atoms with Crippen LogP contribution >= 0.6 is 0 Å². The number of fused-ring (bicyclic) bond motifs is 5. The summed E-state index contributed by atoms with van der Waals surface area (Å²) in [6.07, 6.45) is 3.92. The number of aromatic carboxylic acids is 1. The highest BCUT2D eigenvalue weighted by Crippen LogP contribution is 2.37. The zero-order valence-corrected chi connectivity index (χ0v) is 16.1. The van der Waals surface area contributed by atoms with Gasteiger partial charge in [-0.2, -0.15) is 0 Å². The molecule has 1 aliphatic rings. The summed E-state index contributed by atoms with van der Waals surface area (Å²) >= 11 is 0. The van der Waals surface area contributed by atoms with E-state index in [4.69, 9.17) is 5.11 Å². The molecule has 1 aliphatic carbocycles. The molecule has 0 aromatic heterocycles. The molecule has 4 aromatic rings. The molecule has 0 radical (unpaired) electrons. The highest BCUT2D eigenvalue weighted by molar-refractivity contribution is 6.08. The Morgan fingerprint density at radius 3 is 2.29 bits per heavy atom.